The van der Waals surface area contributed by atoms with E-state index in [1.807, 2.05) is 13.8 Å². The van der Waals surface area contributed by atoms with Crippen molar-refractivity contribution in [2.75, 3.05) is 39.6 Å². The van der Waals surface area contributed by atoms with Crippen molar-refractivity contribution in [2.24, 2.45) is 51.2 Å². The number of allylic oxidation sites excluding steroid dienone is 1. The molecular formula is C67H114O33. The van der Waals surface area contributed by atoms with Crippen molar-refractivity contribution < 1.29 is 164 Å². The van der Waals surface area contributed by atoms with Gasteiger partial charge in [0.2, 0.25) is 0 Å². The summed E-state index contributed by atoms with van der Waals surface area (Å²) in [5.74, 6) is -1.02. The Bertz CT molecular complexity index is 2670. The van der Waals surface area contributed by atoms with Crippen LogP contribution in [-0.2, 0) is 56.8 Å². The van der Waals surface area contributed by atoms with E-state index in [1.165, 1.54) is 20.8 Å². The highest BCUT2D eigenvalue weighted by Gasteiger charge is 2.71. The van der Waals surface area contributed by atoms with E-state index in [2.05, 4.69) is 33.8 Å². The van der Waals surface area contributed by atoms with Gasteiger partial charge in [-0.15, -0.1) is 0 Å². The highest BCUT2D eigenvalue weighted by molar-refractivity contribution is 5.32. The molecule has 4 unspecified atom stereocenters. The number of fused-ring (bicyclic) bond motifs is 5. The van der Waals surface area contributed by atoms with Crippen LogP contribution in [0, 0.1) is 51.2 Å². The fourth-order valence-electron chi connectivity index (χ4n) is 18.7. The van der Waals surface area contributed by atoms with Crippen LogP contribution in [0.4, 0.5) is 0 Å². The molecule has 6 aliphatic heterocycles. The summed E-state index contributed by atoms with van der Waals surface area (Å²) in [4.78, 5) is 0. The van der Waals surface area contributed by atoms with E-state index < -0.39 is 264 Å². The Balaban J connectivity index is 0.828. The number of rotatable bonds is 23. The van der Waals surface area contributed by atoms with E-state index in [0.29, 0.717) is 32.1 Å². The summed E-state index contributed by atoms with van der Waals surface area (Å²) >= 11 is 0. The molecule has 33 heteroatoms. The maximum absolute atomic E-state index is 13.0. The average Bonchev–Trinajstić information content (AvgIpc) is 1.32. The van der Waals surface area contributed by atoms with Gasteiger partial charge in [0, 0.05) is 16.7 Å². The second-order valence-electron chi connectivity index (χ2n) is 31.9. The smallest absolute Gasteiger partial charge is 0.187 e. The molecule has 0 bridgehead atoms. The third-order valence-electron chi connectivity index (χ3n) is 25.4. The first-order valence-electron chi connectivity index (χ1n) is 35.4. The molecule has 10 aliphatic rings. The molecule has 0 amide bonds. The predicted molar refractivity (Wildman–Crippen MR) is 336 cm³/mol. The Kier molecular flexibility index (Phi) is 25.5. The third kappa shape index (κ3) is 14.8. The largest absolute Gasteiger partial charge is 0.394 e. The van der Waals surface area contributed by atoms with Crippen LogP contribution in [0.1, 0.15) is 114 Å². The topological polar surface area (TPSA) is 536 Å². The summed E-state index contributed by atoms with van der Waals surface area (Å²) in [7, 11) is 0. The van der Waals surface area contributed by atoms with Crippen LogP contribution in [0.15, 0.2) is 11.6 Å². The molecule has 33 nitrogen and oxygen atoms in total. The fourth-order valence-corrected chi connectivity index (χ4v) is 18.7. The molecule has 580 valence electrons. The van der Waals surface area contributed by atoms with Crippen molar-refractivity contribution in [2.45, 2.75) is 316 Å². The molecule has 9 fully saturated rings. The Morgan fingerprint density at radius 3 is 1.43 bits per heavy atom. The normalized spacial score (nSPS) is 52.1. The van der Waals surface area contributed by atoms with Crippen molar-refractivity contribution in [3.05, 3.63) is 11.6 Å². The quantitative estimate of drug-likeness (QED) is 0.0423. The summed E-state index contributed by atoms with van der Waals surface area (Å²) in [5, 5.41) is 229. The highest BCUT2D eigenvalue weighted by atomic mass is 16.8. The van der Waals surface area contributed by atoms with E-state index >= 15 is 0 Å². The summed E-state index contributed by atoms with van der Waals surface area (Å²) in [5.41, 5.74) is -2.82. The van der Waals surface area contributed by atoms with Gasteiger partial charge in [-0.25, -0.2) is 0 Å². The van der Waals surface area contributed by atoms with Crippen LogP contribution in [0.3, 0.4) is 0 Å². The first-order chi connectivity index (χ1) is 46.9. The molecule has 6 heterocycles. The molecule has 4 aliphatic carbocycles. The Morgan fingerprint density at radius 1 is 0.480 bits per heavy atom. The van der Waals surface area contributed by atoms with Gasteiger partial charge in [0.15, 0.2) is 37.7 Å². The van der Waals surface area contributed by atoms with Crippen molar-refractivity contribution in [3.63, 3.8) is 0 Å². The van der Waals surface area contributed by atoms with Crippen LogP contribution in [0.5, 0.6) is 0 Å². The molecular weight excluding hydrogens is 1330 g/mol. The molecule has 10 rings (SSSR count). The summed E-state index contributed by atoms with van der Waals surface area (Å²) in [6.07, 6.45) is -44.7. The second kappa shape index (κ2) is 31.6. The summed E-state index contributed by atoms with van der Waals surface area (Å²) < 4.78 is 72.1. The minimum Gasteiger partial charge on any atom is -0.394 e. The van der Waals surface area contributed by atoms with E-state index in [-0.39, 0.29) is 35.5 Å². The minimum atomic E-state index is -1.99. The van der Waals surface area contributed by atoms with Gasteiger partial charge in [-0.3, -0.25) is 0 Å². The molecule has 0 aromatic rings. The zero-order valence-electron chi connectivity index (χ0n) is 58.1. The first kappa shape index (κ1) is 80.9. The van der Waals surface area contributed by atoms with E-state index in [1.54, 1.807) is 0 Å². The van der Waals surface area contributed by atoms with E-state index in [4.69, 9.17) is 56.8 Å². The van der Waals surface area contributed by atoms with Crippen LogP contribution in [-0.4, -0.2) is 349 Å². The monoisotopic (exact) mass is 1450 g/mol. The van der Waals surface area contributed by atoms with E-state index in [9.17, 15) is 107 Å². The van der Waals surface area contributed by atoms with Crippen molar-refractivity contribution in [1.82, 2.24) is 0 Å². The van der Waals surface area contributed by atoms with Gasteiger partial charge >= 0.3 is 0 Å². The first-order valence-corrected chi connectivity index (χ1v) is 35.4. The average molecular weight is 1450 g/mol. The molecule has 3 saturated carbocycles. The summed E-state index contributed by atoms with van der Waals surface area (Å²) in [6, 6.07) is 0. The van der Waals surface area contributed by atoms with Gasteiger partial charge in [-0.1, -0.05) is 60.1 Å². The lowest BCUT2D eigenvalue weighted by molar-refractivity contribution is -0.380. The lowest BCUT2D eigenvalue weighted by Crippen LogP contribution is -2.66. The van der Waals surface area contributed by atoms with Gasteiger partial charge in [-0.2, -0.15) is 0 Å². The standard InChI is InChI=1S/C67H114O33/c1-25(10-14-39(64(5,6)88)98-62-56(99-59-53(86)48(81)43(76)32(21-70)93-59)51(84)46(79)35(96-62)24-89-57-41(74)26(2)40(73)30(19-68)91-57)27-16-17-65(7)36-13-11-28-29(67(36,9)37(72)18-66(27,65)8)12-15-38(63(28,3)4)97-61-55(50(83)44(77)33(22-71)94-61)100-60-54(87)49(82)45(78)34(95-60)23-90-58-52(85)47(80)42(75)31(20-69)92-58/h11,25-27,29-62,68-88H,10,12-24H2,1-9H3/t25-,26+,27?,29?,30-,31-,32+,33-,34+,35-,36?,37-,38+,39-,40+,41-,42-,43+,44-,45+,46-,47+,48-,49-,50+,51+,52-,53+,54+,55-,56-,57-,58-,59-,60?,61+,62+,65+,66-,67+/m1/s1. The number of aliphatic hydroxyl groups excluding tert-OH is 20. The fraction of sp³-hybridized carbons (Fsp3) is 0.970. The number of hydrogen-bond donors (Lipinski definition) is 21. The minimum absolute atomic E-state index is 0.0223. The molecule has 6 saturated heterocycles. The van der Waals surface area contributed by atoms with Crippen molar-refractivity contribution in [3.8, 4) is 0 Å². The van der Waals surface area contributed by atoms with Gasteiger partial charge in [0.05, 0.1) is 69.7 Å². The lowest BCUT2D eigenvalue weighted by Gasteiger charge is -2.67. The maximum atomic E-state index is 13.0. The molecule has 100 heavy (non-hydrogen) atoms. The van der Waals surface area contributed by atoms with Crippen molar-refractivity contribution in [1.29, 1.82) is 0 Å². The molecule has 0 aromatic heterocycles. The molecule has 0 aromatic carbocycles. The van der Waals surface area contributed by atoms with Crippen LogP contribution in [0.2, 0.25) is 0 Å². The van der Waals surface area contributed by atoms with Crippen LogP contribution >= 0.6 is 0 Å². The second-order valence-corrected chi connectivity index (χ2v) is 31.9. The van der Waals surface area contributed by atoms with Gasteiger partial charge in [0.1, 0.15) is 134 Å². The number of hydrogen-bond acceptors (Lipinski definition) is 33. The van der Waals surface area contributed by atoms with Gasteiger partial charge in [0.25, 0.3) is 0 Å². The molecule has 0 radical (unpaired) electrons. The third-order valence-corrected chi connectivity index (χ3v) is 25.4. The highest BCUT2D eigenvalue weighted by Crippen LogP contribution is 2.75. The van der Waals surface area contributed by atoms with Crippen LogP contribution < -0.4 is 0 Å². The number of ether oxygens (including phenoxy) is 12. The number of aliphatic hydroxyl groups is 21. The van der Waals surface area contributed by atoms with Crippen LogP contribution in [0.25, 0.3) is 0 Å². The Hall–Kier alpha value is -1.58. The SMILES string of the molecule is C[C@@H]1[C@@H](O)[C@H](OC[C@H]2O[C@@H](O[C@H](CC[C@@H](C)C3CC[C@@]4(C)C5CC=C6C(CC[C@H](O[C@@H]7O[C@H](CO)[C@@H](O)[C@H](O)[C@H]7OC7O[C@@H](CO[C@@H]8O[C@H](CO)[C@@H](O)[C@H](O)[C@H]8O)[C@H](O)[C@@H](O)[C@@H]7O)C6(C)C)[C@]5(C)[C@H](O)C[C@]34C)C(C)(C)O)[C@H](O[C@H]3O[C@@H](CO)[C@H](O)[C@@H](O)[C@@H]3O)[C@@H](O)[C@@H]2O)O[C@H](CO)[C@H]1O. The molecule has 0 spiro atoms. The maximum Gasteiger partial charge on any atom is 0.187 e. The Morgan fingerprint density at radius 2 is 0.910 bits per heavy atom. The lowest BCUT2D eigenvalue weighted by atomic mass is 9.38. The van der Waals surface area contributed by atoms with E-state index in [0.717, 1.165) is 18.4 Å². The zero-order chi connectivity index (χ0) is 73.5. The van der Waals surface area contributed by atoms with Gasteiger partial charge < -0.3 is 164 Å². The van der Waals surface area contributed by atoms with Crippen molar-refractivity contribution >= 4 is 0 Å². The molecule has 21 N–H and O–H groups in total. The van der Waals surface area contributed by atoms with Gasteiger partial charge in [-0.05, 0) is 99.7 Å². The zero-order valence-corrected chi connectivity index (χ0v) is 58.1. The predicted octanol–water partition coefficient (Wildman–Crippen LogP) is -6.31. The summed E-state index contributed by atoms with van der Waals surface area (Å²) in [6.45, 7) is 13.3. The Labute approximate surface area is 580 Å². The molecule has 40 atom stereocenters.